The summed E-state index contributed by atoms with van der Waals surface area (Å²) >= 11 is 0. The Labute approximate surface area is 128 Å². The highest BCUT2D eigenvalue weighted by Gasteiger charge is 2.25. The average molecular weight is 285 g/mol. The number of nitrogens with one attached hydrogen (secondary N) is 1. The smallest absolute Gasteiger partial charge is 0.0108 e. The minimum Gasteiger partial charge on any atom is -0.316 e. The van der Waals surface area contributed by atoms with Gasteiger partial charge in [0.1, 0.15) is 0 Å². The molecule has 0 aliphatic rings. The topological polar surface area (TPSA) is 15.3 Å². The molecule has 20 heavy (non-hydrogen) atoms. The van der Waals surface area contributed by atoms with Crippen LogP contribution in [-0.2, 0) is 0 Å². The zero-order chi connectivity index (χ0) is 15.7. The first-order valence-electron chi connectivity index (χ1n) is 8.79. The van der Waals surface area contributed by atoms with Gasteiger partial charge in [-0.15, -0.1) is 0 Å². The van der Waals surface area contributed by atoms with Gasteiger partial charge in [0, 0.05) is 18.6 Å². The second-order valence-electron chi connectivity index (χ2n) is 7.33. The SMILES string of the molecule is CCC(CC)N(CC(C)C)C(C)C(C)CNCC(C)C. The maximum absolute atomic E-state index is 3.62. The molecule has 2 nitrogen and oxygen atoms in total. The Morgan fingerprint density at radius 2 is 1.35 bits per heavy atom. The molecular weight excluding hydrogens is 244 g/mol. The fourth-order valence-electron chi connectivity index (χ4n) is 2.92. The first-order valence-corrected chi connectivity index (χ1v) is 8.79. The van der Waals surface area contributed by atoms with Gasteiger partial charge in [0.25, 0.3) is 0 Å². The molecule has 0 heterocycles. The lowest BCUT2D eigenvalue weighted by molar-refractivity contribution is 0.0864. The molecule has 0 radical (unpaired) electrons. The summed E-state index contributed by atoms with van der Waals surface area (Å²) < 4.78 is 0. The van der Waals surface area contributed by atoms with E-state index in [9.17, 15) is 0 Å². The van der Waals surface area contributed by atoms with Crippen LogP contribution in [-0.4, -0.2) is 36.6 Å². The number of rotatable bonds is 11. The van der Waals surface area contributed by atoms with Crippen LogP contribution in [0.15, 0.2) is 0 Å². The molecule has 0 aliphatic heterocycles. The Morgan fingerprint density at radius 1 is 0.800 bits per heavy atom. The van der Waals surface area contributed by atoms with Crippen molar-refractivity contribution in [3.8, 4) is 0 Å². The summed E-state index contributed by atoms with van der Waals surface area (Å²) in [6, 6.07) is 1.39. The summed E-state index contributed by atoms with van der Waals surface area (Å²) in [4.78, 5) is 2.76. The molecule has 2 atom stereocenters. The van der Waals surface area contributed by atoms with Gasteiger partial charge in [-0.2, -0.15) is 0 Å². The van der Waals surface area contributed by atoms with Crippen molar-refractivity contribution >= 4 is 0 Å². The lowest BCUT2D eigenvalue weighted by atomic mass is 9.96. The largest absolute Gasteiger partial charge is 0.316 e. The van der Waals surface area contributed by atoms with Crippen molar-refractivity contribution < 1.29 is 0 Å². The predicted octanol–water partition coefficient (Wildman–Crippen LogP) is 4.40. The Balaban J connectivity index is 4.54. The van der Waals surface area contributed by atoms with Gasteiger partial charge in [0.15, 0.2) is 0 Å². The van der Waals surface area contributed by atoms with E-state index >= 15 is 0 Å². The zero-order valence-corrected chi connectivity index (χ0v) is 15.4. The maximum atomic E-state index is 3.62. The van der Waals surface area contributed by atoms with Crippen LogP contribution in [0.25, 0.3) is 0 Å². The van der Waals surface area contributed by atoms with Crippen molar-refractivity contribution in [3.05, 3.63) is 0 Å². The molecule has 122 valence electrons. The van der Waals surface area contributed by atoms with Crippen LogP contribution >= 0.6 is 0 Å². The number of hydrogen-bond acceptors (Lipinski definition) is 2. The monoisotopic (exact) mass is 284 g/mol. The molecule has 0 aromatic heterocycles. The summed E-state index contributed by atoms with van der Waals surface area (Å²) in [5, 5.41) is 3.62. The van der Waals surface area contributed by atoms with Gasteiger partial charge in [-0.05, 0) is 50.6 Å². The zero-order valence-electron chi connectivity index (χ0n) is 15.4. The molecule has 0 saturated carbocycles. The fraction of sp³-hybridized carbons (Fsp3) is 1.00. The third-order valence-corrected chi connectivity index (χ3v) is 4.35. The summed E-state index contributed by atoms with van der Waals surface area (Å²) in [7, 11) is 0. The highest BCUT2D eigenvalue weighted by atomic mass is 15.2. The van der Waals surface area contributed by atoms with Gasteiger partial charge in [0.2, 0.25) is 0 Å². The second-order valence-corrected chi connectivity index (χ2v) is 7.33. The number of nitrogens with zero attached hydrogens (tertiary/aromatic N) is 1. The minimum atomic E-state index is 0.655. The van der Waals surface area contributed by atoms with Gasteiger partial charge < -0.3 is 5.32 Å². The van der Waals surface area contributed by atoms with Gasteiger partial charge in [0.05, 0.1) is 0 Å². The van der Waals surface area contributed by atoms with Crippen LogP contribution < -0.4 is 5.32 Å². The van der Waals surface area contributed by atoms with Crippen LogP contribution in [0.4, 0.5) is 0 Å². The van der Waals surface area contributed by atoms with E-state index in [0.29, 0.717) is 12.0 Å². The van der Waals surface area contributed by atoms with Crippen molar-refractivity contribution in [2.45, 2.75) is 80.3 Å². The molecule has 0 amide bonds. The molecule has 0 spiro atoms. The van der Waals surface area contributed by atoms with Crippen LogP contribution in [0.1, 0.15) is 68.2 Å². The molecule has 0 fully saturated rings. The predicted molar refractivity (Wildman–Crippen MR) is 92.2 cm³/mol. The van der Waals surface area contributed by atoms with E-state index in [0.717, 1.165) is 31.0 Å². The van der Waals surface area contributed by atoms with E-state index in [-0.39, 0.29) is 0 Å². The molecule has 0 aliphatic carbocycles. The third-order valence-electron chi connectivity index (χ3n) is 4.35. The summed E-state index contributed by atoms with van der Waals surface area (Å²) in [5.74, 6) is 2.19. The average Bonchev–Trinajstić information content (AvgIpc) is 2.37. The highest BCUT2D eigenvalue weighted by molar-refractivity contribution is 4.80. The van der Waals surface area contributed by atoms with Gasteiger partial charge in [-0.25, -0.2) is 0 Å². The minimum absolute atomic E-state index is 0.655. The summed E-state index contributed by atoms with van der Waals surface area (Å²) in [6.45, 7) is 22.2. The van der Waals surface area contributed by atoms with Gasteiger partial charge in [-0.3, -0.25) is 4.90 Å². The van der Waals surface area contributed by atoms with Crippen molar-refractivity contribution in [2.75, 3.05) is 19.6 Å². The standard InChI is InChI=1S/C18H40N2/c1-9-18(10-2)20(13-15(5)6)17(8)16(7)12-19-11-14(3)4/h14-19H,9-13H2,1-8H3. The normalized spacial score (nSPS) is 15.6. The number of hydrogen-bond donors (Lipinski definition) is 1. The first-order chi connectivity index (χ1) is 9.33. The van der Waals surface area contributed by atoms with E-state index in [1.807, 2.05) is 0 Å². The van der Waals surface area contributed by atoms with Crippen molar-refractivity contribution in [3.63, 3.8) is 0 Å². The van der Waals surface area contributed by atoms with Crippen molar-refractivity contribution in [1.29, 1.82) is 0 Å². The third kappa shape index (κ3) is 7.64. The van der Waals surface area contributed by atoms with Crippen molar-refractivity contribution in [1.82, 2.24) is 10.2 Å². The summed E-state index contributed by atoms with van der Waals surface area (Å²) in [5.41, 5.74) is 0. The van der Waals surface area contributed by atoms with Crippen molar-refractivity contribution in [2.24, 2.45) is 17.8 Å². The molecule has 0 bridgehead atoms. The van der Waals surface area contributed by atoms with Gasteiger partial charge >= 0.3 is 0 Å². The Hall–Kier alpha value is -0.0800. The quantitative estimate of drug-likeness (QED) is 0.605. The molecule has 0 aromatic carbocycles. The van der Waals surface area contributed by atoms with E-state index in [4.69, 9.17) is 0 Å². The Kier molecular flexibility index (Phi) is 10.6. The lowest BCUT2D eigenvalue weighted by Gasteiger charge is -2.40. The Bertz CT molecular complexity index is 221. The van der Waals surface area contributed by atoms with E-state index < -0.39 is 0 Å². The van der Waals surface area contributed by atoms with Crippen LogP contribution in [0.5, 0.6) is 0 Å². The van der Waals surface area contributed by atoms with Crippen LogP contribution in [0.2, 0.25) is 0 Å². The lowest BCUT2D eigenvalue weighted by Crippen LogP contribution is -2.48. The van der Waals surface area contributed by atoms with E-state index in [1.165, 1.54) is 19.4 Å². The Morgan fingerprint density at radius 3 is 1.75 bits per heavy atom. The van der Waals surface area contributed by atoms with E-state index in [2.05, 4.69) is 65.6 Å². The fourth-order valence-corrected chi connectivity index (χ4v) is 2.92. The van der Waals surface area contributed by atoms with Crippen LogP contribution in [0, 0.1) is 17.8 Å². The second kappa shape index (κ2) is 10.6. The maximum Gasteiger partial charge on any atom is 0.0108 e. The molecule has 0 rings (SSSR count). The molecule has 2 unspecified atom stereocenters. The summed E-state index contributed by atoms with van der Waals surface area (Å²) in [6.07, 6.45) is 2.53. The van der Waals surface area contributed by atoms with E-state index in [1.54, 1.807) is 0 Å². The molecular formula is C18H40N2. The molecule has 0 aromatic rings. The van der Waals surface area contributed by atoms with Gasteiger partial charge in [-0.1, -0.05) is 48.5 Å². The molecule has 0 saturated heterocycles. The molecule has 2 heteroatoms. The highest BCUT2D eigenvalue weighted by Crippen LogP contribution is 2.20. The molecule has 1 N–H and O–H groups in total. The van der Waals surface area contributed by atoms with Crippen LogP contribution in [0.3, 0.4) is 0 Å². The first kappa shape index (κ1) is 19.9.